The molecule has 106 valence electrons. The van der Waals surface area contributed by atoms with Gasteiger partial charge >= 0.3 is 0 Å². The highest BCUT2D eigenvalue weighted by atomic mass is 35.5. The van der Waals surface area contributed by atoms with Crippen molar-refractivity contribution >= 4 is 11.6 Å². The molecular formula is C15H13ClN4O. The lowest BCUT2D eigenvalue weighted by atomic mass is 9.84. The first-order valence-corrected chi connectivity index (χ1v) is 6.93. The van der Waals surface area contributed by atoms with Crippen molar-refractivity contribution in [2.45, 2.75) is 19.3 Å². The standard InChI is InChI=1S/C15H13ClN4O/c1-2-11-13-12(8-3-5-9(16)6-4-8)10(7-17)14(18)21-15(13)20-19-11/h3-6,12H,2,18H2,1H3,(H,19,20)/t12-/m1/s1. The zero-order valence-electron chi connectivity index (χ0n) is 11.4. The molecule has 0 amide bonds. The number of nitriles is 1. The Morgan fingerprint density at radius 1 is 1.43 bits per heavy atom. The minimum Gasteiger partial charge on any atom is -0.420 e. The number of nitrogens with one attached hydrogen (secondary N) is 1. The number of aromatic nitrogens is 2. The molecule has 0 saturated carbocycles. The van der Waals surface area contributed by atoms with Crippen molar-refractivity contribution in [2.75, 3.05) is 0 Å². The Hall–Kier alpha value is -2.45. The lowest BCUT2D eigenvalue weighted by Gasteiger charge is -2.23. The largest absolute Gasteiger partial charge is 0.420 e. The van der Waals surface area contributed by atoms with Crippen LogP contribution in [-0.2, 0) is 6.42 Å². The Morgan fingerprint density at radius 2 is 2.14 bits per heavy atom. The van der Waals surface area contributed by atoms with Crippen LogP contribution in [0.2, 0.25) is 5.02 Å². The van der Waals surface area contributed by atoms with Crippen LogP contribution in [0.4, 0.5) is 0 Å². The van der Waals surface area contributed by atoms with E-state index in [0.717, 1.165) is 23.2 Å². The number of hydrogen-bond donors (Lipinski definition) is 2. The van der Waals surface area contributed by atoms with Crippen molar-refractivity contribution in [3.63, 3.8) is 0 Å². The molecule has 5 nitrogen and oxygen atoms in total. The van der Waals surface area contributed by atoms with E-state index in [2.05, 4.69) is 16.3 Å². The van der Waals surface area contributed by atoms with Crippen molar-refractivity contribution in [3.05, 3.63) is 57.6 Å². The third-order valence-corrected chi connectivity index (χ3v) is 3.83. The second-order valence-electron chi connectivity index (χ2n) is 4.75. The van der Waals surface area contributed by atoms with E-state index < -0.39 is 0 Å². The molecule has 1 atom stereocenters. The van der Waals surface area contributed by atoms with Gasteiger partial charge in [-0.25, -0.2) is 0 Å². The van der Waals surface area contributed by atoms with Gasteiger partial charge in [-0.2, -0.15) is 5.26 Å². The van der Waals surface area contributed by atoms with Gasteiger partial charge in [0, 0.05) is 16.3 Å². The SMILES string of the molecule is CCc1[nH]nc2c1[C@H](c1ccc(Cl)cc1)C(C#N)=C(N)O2. The Balaban J connectivity index is 2.22. The average Bonchev–Trinajstić information content (AvgIpc) is 2.89. The minimum absolute atomic E-state index is 0.0964. The molecule has 0 saturated heterocycles. The molecule has 0 aliphatic carbocycles. The lowest BCUT2D eigenvalue weighted by molar-refractivity contribution is 0.378. The Labute approximate surface area is 127 Å². The molecule has 0 spiro atoms. The van der Waals surface area contributed by atoms with Crippen molar-refractivity contribution in [3.8, 4) is 11.9 Å². The zero-order valence-corrected chi connectivity index (χ0v) is 12.1. The lowest BCUT2D eigenvalue weighted by Crippen LogP contribution is -2.21. The van der Waals surface area contributed by atoms with Crippen LogP contribution in [0.3, 0.4) is 0 Å². The van der Waals surface area contributed by atoms with Gasteiger partial charge in [-0.15, -0.1) is 5.10 Å². The van der Waals surface area contributed by atoms with Gasteiger partial charge in [0.15, 0.2) is 0 Å². The van der Waals surface area contributed by atoms with E-state index in [1.807, 2.05) is 19.1 Å². The molecule has 3 N–H and O–H groups in total. The summed E-state index contributed by atoms with van der Waals surface area (Å²) < 4.78 is 5.46. The molecule has 0 radical (unpaired) electrons. The van der Waals surface area contributed by atoms with E-state index in [9.17, 15) is 5.26 Å². The van der Waals surface area contributed by atoms with Gasteiger partial charge in [0.05, 0.1) is 5.92 Å². The van der Waals surface area contributed by atoms with Gasteiger partial charge in [-0.05, 0) is 24.1 Å². The molecule has 1 aliphatic heterocycles. The number of nitrogens with two attached hydrogens (primary N) is 1. The highest BCUT2D eigenvalue weighted by molar-refractivity contribution is 6.30. The fourth-order valence-electron chi connectivity index (χ4n) is 2.57. The van der Waals surface area contributed by atoms with Crippen LogP contribution in [0.1, 0.15) is 29.7 Å². The molecule has 21 heavy (non-hydrogen) atoms. The maximum absolute atomic E-state index is 9.45. The number of fused-ring (bicyclic) bond motifs is 1. The van der Waals surface area contributed by atoms with Crippen LogP contribution >= 0.6 is 11.6 Å². The van der Waals surface area contributed by atoms with Crippen LogP contribution in [0.5, 0.6) is 5.88 Å². The summed E-state index contributed by atoms with van der Waals surface area (Å²) in [5, 5.41) is 17.2. The van der Waals surface area contributed by atoms with Gasteiger partial charge in [0.25, 0.3) is 0 Å². The van der Waals surface area contributed by atoms with E-state index in [1.165, 1.54) is 0 Å². The summed E-state index contributed by atoms with van der Waals surface area (Å²) in [6.07, 6.45) is 0.758. The monoisotopic (exact) mass is 300 g/mol. The number of aromatic amines is 1. The molecule has 0 unspecified atom stereocenters. The van der Waals surface area contributed by atoms with Crippen LogP contribution < -0.4 is 10.5 Å². The molecule has 1 aliphatic rings. The number of nitrogens with zero attached hydrogens (tertiary/aromatic N) is 2. The molecule has 2 aromatic rings. The molecule has 1 aromatic carbocycles. The molecule has 3 rings (SSSR count). The normalized spacial score (nSPS) is 17.1. The quantitative estimate of drug-likeness (QED) is 0.892. The number of hydrogen-bond acceptors (Lipinski definition) is 4. The maximum atomic E-state index is 9.45. The smallest absolute Gasteiger partial charge is 0.244 e. The number of benzene rings is 1. The maximum Gasteiger partial charge on any atom is 0.244 e. The van der Waals surface area contributed by atoms with Crippen LogP contribution in [0.15, 0.2) is 35.7 Å². The van der Waals surface area contributed by atoms with Crippen molar-refractivity contribution in [2.24, 2.45) is 5.73 Å². The van der Waals surface area contributed by atoms with E-state index in [1.54, 1.807) is 12.1 Å². The molecule has 0 fully saturated rings. The van der Waals surface area contributed by atoms with E-state index in [0.29, 0.717) is 16.5 Å². The van der Waals surface area contributed by atoms with E-state index >= 15 is 0 Å². The molecule has 6 heteroatoms. The summed E-state index contributed by atoms with van der Waals surface area (Å²) in [6.45, 7) is 2.01. The fraction of sp³-hybridized carbons (Fsp3) is 0.200. The van der Waals surface area contributed by atoms with E-state index in [4.69, 9.17) is 22.1 Å². The Kier molecular flexibility index (Phi) is 3.32. The highest BCUT2D eigenvalue weighted by Crippen LogP contribution is 2.42. The number of rotatable bonds is 2. The van der Waals surface area contributed by atoms with Gasteiger partial charge in [-0.1, -0.05) is 30.7 Å². The summed E-state index contributed by atoms with van der Waals surface area (Å²) >= 11 is 5.94. The highest BCUT2D eigenvalue weighted by Gasteiger charge is 2.34. The fourth-order valence-corrected chi connectivity index (χ4v) is 2.69. The van der Waals surface area contributed by atoms with Crippen molar-refractivity contribution in [1.82, 2.24) is 10.2 Å². The van der Waals surface area contributed by atoms with Gasteiger partial charge in [0.2, 0.25) is 11.8 Å². The first kappa shape index (κ1) is 13.5. The number of allylic oxidation sites excluding steroid dienone is 1. The van der Waals surface area contributed by atoms with Crippen molar-refractivity contribution < 1.29 is 4.74 Å². The van der Waals surface area contributed by atoms with Crippen molar-refractivity contribution in [1.29, 1.82) is 5.26 Å². The average molecular weight is 301 g/mol. The summed E-state index contributed by atoms with van der Waals surface area (Å²) in [6, 6.07) is 9.52. The number of H-pyrrole nitrogens is 1. The molecular weight excluding hydrogens is 288 g/mol. The summed E-state index contributed by atoms with van der Waals surface area (Å²) in [7, 11) is 0. The topological polar surface area (TPSA) is 87.7 Å². The van der Waals surface area contributed by atoms with Gasteiger partial charge in [0.1, 0.15) is 11.6 Å². The number of ether oxygens (including phenoxy) is 1. The summed E-state index contributed by atoms with van der Waals surface area (Å²) in [4.78, 5) is 0. The first-order chi connectivity index (χ1) is 10.2. The first-order valence-electron chi connectivity index (χ1n) is 6.55. The molecule has 1 aromatic heterocycles. The predicted octanol–water partition coefficient (Wildman–Crippen LogP) is 2.84. The zero-order chi connectivity index (χ0) is 15.0. The second kappa shape index (κ2) is 5.15. The molecule has 2 heterocycles. The van der Waals surface area contributed by atoms with Gasteiger partial charge in [-0.3, -0.25) is 5.10 Å². The third-order valence-electron chi connectivity index (χ3n) is 3.57. The third kappa shape index (κ3) is 2.14. The van der Waals surface area contributed by atoms with Gasteiger partial charge < -0.3 is 10.5 Å². The summed E-state index contributed by atoms with van der Waals surface area (Å²) in [5.74, 6) is 0.243. The summed E-state index contributed by atoms with van der Waals surface area (Å²) in [5.41, 5.74) is 8.99. The molecule has 0 bridgehead atoms. The second-order valence-corrected chi connectivity index (χ2v) is 5.19. The van der Waals surface area contributed by atoms with Crippen LogP contribution in [0.25, 0.3) is 0 Å². The minimum atomic E-state index is -0.287. The number of aryl methyl sites for hydroxylation is 1. The Bertz CT molecular complexity index is 755. The van der Waals surface area contributed by atoms with Crippen LogP contribution in [0, 0.1) is 11.3 Å². The Morgan fingerprint density at radius 3 is 2.76 bits per heavy atom. The predicted molar refractivity (Wildman–Crippen MR) is 78.7 cm³/mol. The number of halogens is 1. The van der Waals surface area contributed by atoms with Crippen LogP contribution in [-0.4, -0.2) is 10.2 Å². The van der Waals surface area contributed by atoms with E-state index in [-0.39, 0.29) is 11.8 Å².